The predicted octanol–water partition coefficient (Wildman–Crippen LogP) is 2.65. The van der Waals surface area contributed by atoms with Crippen molar-refractivity contribution >= 4 is 28.3 Å². The van der Waals surface area contributed by atoms with Gasteiger partial charge >= 0.3 is 17.8 Å². The van der Waals surface area contributed by atoms with Crippen LogP contribution in [0.5, 0.6) is 0 Å². The SMILES string of the molecule is COC(=O)[C@](NC(=O)Cc1ccccc1)(Nc1ncc(C)s1)C(F)(F)F. The topological polar surface area (TPSA) is 80.3 Å². The lowest BCUT2D eigenvalue weighted by molar-refractivity contribution is -0.206. The Morgan fingerprint density at radius 2 is 1.88 bits per heavy atom. The van der Waals surface area contributed by atoms with Gasteiger partial charge in [-0.1, -0.05) is 30.3 Å². The highest BCUT2D eigenvalue weighted by Gasteiger charge is 2.63. The fourth-order valence-electron chi connectivity index (χ4n) is 2.15. The summed E-state index contributed by atoms with van der Waals surface area (Å²) in [4.78, 5) is 28.7. The molecule has 2 aromatic rings. The lowest BCUT2D eigenvalue weighted by atomic mass is 10.1. The van der Waals surface area contributed by atoms with Gasteiger partial charge in [0.25, 0.3) is 0 Å². The molecule has 0 radical (unpaired) electrons. The molecule has 26 heavy (non-hydrogen) atoms. The molecule has 1 aromatic heterocycles. The highest BCUT2D eigenvalue weighted by Crippen LogP contribution is 2.34. The summed E-state index contributed by atoms with van der Waals surface area (Å²) in [6, 6.07) is 8.18. The van der Waals surface area contributed by atoms with E-state index in [1.807, 2.05) is 5.32 Å². The molecule has 1 heterocycles. The van der Waals surface area contributed by atoms with E-state index in [4.69, 9.17) is 0 Å². The summed E-state index contributed by atoms with van der Waals surface area (Å²) < 4.78 is 45.7. The third-order valence-corrected chi connectivity index (χ3v) is 4.20. The minimum Gasteiger partial charge on any atom is -0.466 e. The van der Waals surface area contributed by atoms with Crippen molar-refractivity contribution in [3.63, 3.8) is 0 Å². The van der Waals surface area contributed by atoms with Crippen LogP contribution in [0.2, 0.25) is 0 Å². The number of carbonyl (C=O) groups is 2. The Morgan fingerprint density at radius 1 is 1.23 bits per heavy atom. The molecule has 0 bridgehead atoms. The first kappa shape index (κ1) is 19.7. The Balaban J connectivity index is 2.34. The molecule has 1 atom stereocenters. The first-order chi connectivity index (χ1) is 12.2. The zero-order valence-electron chi connectivity index (χ0n) is 13.9. The molecule has 1 amide bonds. The van der Waals surface area contributed by atoms with Crippen molar-refractivity contribution in [1.82, 2.24) is 10.3 Å². The Kier molecular flexibility index (Phi) is 5.86. The number of halogens is 3. The van der Waals surface area contributed by atoms with E-state index < -0.39 is 23.7 Å². The number of alkyl halides is 3. The minimum atomic E-state index is -5.17. The van der Waals surface area contributed by atoms with Crippen LogP contribution in [0, 0.1) is 6.92 Å². The molecule has 140 valence electrons. The van der Waals surface area contributed by atoms with E-state index in [9.17, 15) is 22.8 Å². The molecule has 0 fully saturated rings. The summed E-state index contributed by atoms with van der Waals surface area (Å²) in [6.07, 6.45) is -4.17. The van der Waals surface area contributed by atoms with Crippen LogP contribution < -0.4 is 10.6 Å². The van der Waals surface area contributed by atoms with Crippen LogP contribution in [0.3, 0.4) is 0 Å². The lowest BCUT2D eigenvalue weighted by Crippen LogP contribution is -2.69. The van der Waals surface area contributed by atoms with E-state index >= 15 is 0 Å². The molecule has 2 N–H and O–H groups in total. The number of aromatic nitrogens is 1. The Bertz CT molecular complexity index is 780. The number of nitrogens with zero attached hydrogens (tertiary/aromatic N) is 1. The van der Waals surface area contributed by atoms with Gasteiger partial charge in [-0.05, 0) is 12.5 Å². The van der Waals surface area contributed by atoms with Crippen LogP contribution in [-0.4, -0.2) is 35.8 Å². The van der Waals surface area contributed by atoms with Crippen LogP contribution in [0.25, 0.3) is 0 Å². The van der Waals surface area contributed by atoms with Gasteiger partial charge in [0.2, 0.25) is 5.91 Å². The Morgan fingerprint density at radius 3 is 2.38 bits per heavy atom. The molecule has 0 aliphatic heterocycles. The van der Waals surface area contributed by atoms with Gasteiger partial charge < -0.3 is 15.4 Å². The molecule has 0 unspecified atom stereocenters. The predicted molar refractivity (Wildman–Crippen MR) is 89.6 cm³/mol. The van der Waals surface area contributed by atoms with E-state index in [0.717, 1.165) is 18.4 Å². The van der Waals surface area contributed by atoms with E-state index in [-0.39, 0.29) is 11.6 Å². The van der Waals surface area contributed by atoms with Gasteiger partial charge in [0, 0.05) is 11.1 Å². The Labute approximate surface area is 151 Å². The molecule has 6 nitrogen and oxygen atoms in total. The maximum absolute atomic E-state index is 13.8. The van der Waals surface area contributed by atoms with E-state index in [2.05, 4.69) is 9.72 Å². The van der Waals surface area contributed by atoms with Crippen molar-refractivity contribution in [1.29, 1.82) is 0 Å². The number of benzene rings is 1. The van der Waals surface area contributed by atoms with Crippen LogP contribution in [0.4, 0.5) is 18.3 Å². The summed E-state index contributed by atoms with van der Waals surface area (Å²) >= 11 is 0.908. The zero-order chi connectivity index (χ0) is 19.4. The third-order valence-electron chi connectivity index (χ3n) is 3.37. The number of carbonyl (C=O) groups excluding carboxylic acids is 2. The molecule has 1 aromatic carbocycles. The number of nitrogens with one attached hydrogen (secondary N) is 2. The smallest absolute Gasteiger partial charge is 0.442 e. The maximum Gasteiger partial charge on any atom is 0.442 e. The standard InChI is InChI=1S/C16H16F3N3O3S/c1-10-9-20-14(26-10)22-15(13(24)25-2,16(17,18)19)21-12(23)8-11-6-4-3-5-7-11/h3-7,9H,8H2,1-2H3,(H,20,22)(H,21,23)/t15-/m0/s1. The molecule has 0 spiro atoms. The van der Waals surface area contributed by atoms with Gasteiger partial charge in [0.05, 0.1) is 13.5 Å². The average molecular weight is 387 g/mol. The highest BCUT2D eigenvalue weighted by molar-refractivity contribution is 7.15. The van der Waals surface area contributed by atoms with Crippen LogP contribution in [0.15, 0.2) is 36.5 Å². The number of aryl methyl sites for hydroxylation is 1. The summed E-state index contributed by atoms with van der Waals surface area (Å²) in [5, 5.41) is 3.57. The van der Waals surface area contributed by atoms with E-state index in [0.29, 0.717) is 10.4 Å². The molecule has 0 aliphatic rings. The van der Waals surface area contributed by atoms with Gasteiger partial charge in [-0.25, -0.2) is 9.78 Å². The van der Waals surface area contributed by atoms with Gasteiger partial charge in [-0.15, -0.1) is 11.3 Å². The number of amides is 1. The number of esters is 1. The van der Waals surface area contributed by atoms with Crippen molar-refractivity contribution in [2.75, 3.05) is 12.4 Å². The molecule has 10 heteroatoms. The zero-order valence-corrected chi connectivity index (χ0v) is 14.7. The van der Waals surface area contributed by atoms with Gasteiger partial charge in [-0.3, -0.25) is 4.79 Å². The van der Waals surface area contributed by atoms with Crippen LogP contribution in [0.1, 0.15) is 10.4 Å². The normalized spacial score (nSPS) is 13.6. The maximum atomic E-state index is 13.8. The van der Waals surface area contributed by atoms with Gasteiger partial charge in [0.15, 0.2) is 5.13 Å². The Hall–Kier alpha value is -2.62. The molecule has 0 saturated carbocycles. The van der Waals surface area contributed by atoms with Gasteiger partial charge in [-0.2, -0.15) is 13.2 Å². The summed E-state index contributed by atoms with van der Waals surface area (Å²) in [6.45, 7) is 1.64. The number of ether oxygens (including phenoxy) is 1. The fourth-order valence-corrected chi connectivity index (χ4v) is 2.87. The van der Waals surface area contributed by atoms with Crippen molar-refractivity contribution < 1.29 is 27.5 Å². The number of anilines is 1. The number of thiazole rings is 1. The first-order valence-corrected chi connectivity index (χ1v) is 8.20. The fraction of sp³-hybridized carbons (Fsp3) is 0.312. The second-order valence-electron chi connectivity index (χ2n) is 5.35. The summed E-state index contributed by atoms with van der Waals surface area (Å²) in [7, 11) is 0.807. The van der Waals surface area contributed by atoms with Crippen molar-refractivity contribution in [2.45, 2.75) is 25.2 Å². The van der Waals surface area contributed by atoms with Gasteiger partial charge in [0.1, 0.15) is 0 Å². The first-order valence-electron chi connectivity index (χ1n) is 7.38. The monoisotopic (exact) mass is 387 g/mol. The minimum absolute atomic E-state index is 0.176. The quantitative estimate of drug-likeness (QED) is 0.588. The molecule has 0 aliphatic carbocycles. The van der Waals surface area contributed by atoms with Crippen LogP contribution in [-0.2, 0) is 20.7 Å². The molecular formula is C16H16F3N3O3S. The van der Waals surface area contributed by atoms with E-state index in [1.54, 1.807) is 42.6 Å². The number of rotatable bonds is 6. The summed E-state index contributed by atoms with van der Waals surface area (Å²) in [5.41, 5.74) is -2.95. The average Bonchev–Trinajstić information content (AvgIpc) is 2.98. The molecular weight excluding hydrogens is 371 g/mol. The number of methoxy groups -OCH3 is 1. The number of hydrogen-bond acceptors (Lipinski definition) is 6. The second kappa shape index (κ2) is 7.73. The molecule has 2 rings (SSSR count). The highest BCUT2D eigenvalue weighted by atomic mass is 32.1. The largest absolute Gasteiger partial charge is 0.466 e. The number of hydrogen-bond donors (Lipinski definition) is 2. The van der Waals surface area contributed by atoms with E-state index in [1.165, 1.54) is 6.20 Å². The van der Waals surface area contributed by atoms with Crippen molar-refractivity contribution in [2.24, 2.45) is 0 Å². The lowest BCUT2D eigenvalue weighted by Gasteiger charge is -2.34. The summed E-state index contributed by atoms with van der Waals surface area (Å²) in [5.74, 6) is -2.70. The third kappa shape index (κ3) is 4.31. The van der Waals surface area contributed by atoms with Crippen molar-refractivity contribution in [3.8, 4) is 0 Å². The van der Waals surface area contributed by atoms with Crippen molar-refractivity contribution in [3.05, 3.63) is 47.0 Å². The second-order valence-corrected chi connectivity index (χ2v) is 6.59. The molecule has 0 saturated heterocycles. The van der Waals surface area contributed by atoms with Crippen LogP contribution >= 0.6 is 11.3 Å².